The van der Waals surface area contributed by atoms with Crippen LogP contribution in [0.25, 0.3) is 11.5 Å². The Morgan fingerprint density at radius 3 is 2.43 bits per heavy atom. The largest absolute Gasteiger partial charge is 0.497 e. The van der Waals surface area contributed by atoms with Gasteiger partial charge in [0.05, 0.1) is 16.6 Å². The molecule has 0 aliphatic carbocycles. The maximum Gasteiger partial charge on any atom is 0.252 e. The van der Waals surface area contributed by atoms with Gasteiger partial charge in [-0.15, -0.1) is 11.3 Å². The highest BCUT2D eigenvalue weighted by atomic mass is 79.9. The Bertz CT molecular complexity index is 1120. The first-order valence-corrected chi connectivity index (χ1v) is 12.5. The summed E-state index contributed by atoms with van der Waals surface area (Å²) >= 11 is 4.57. The van der Waals surface area contributed by atoms with E-state index in [0.717, 1.165) is 26.6 Å². The Hall–Kier alpha value is -1.72. The lowest BCUT2D eigenvalue weighted by molar-refractivity contribution is 0.179. The lowest BCUT2D eigenvalue weighted by Crippen LogP contribution is -2.48. The van der Waals surface area contributed by atoms with E-state index in [2.05, 4.69) is 25.8 Å². The third-order valence-corrected chi connectivity index (χ3v) is 9.07. The number of thiophene rings is 1. The van der Waals surface area contributed by atoms with Gasteiger partial charge in [0.25, 0.3) is 10.0 Å². The summed E-state index contributed by atoms with van der Waals surface area (Å²) in [5.41, 5.74) is 1.77. The summed E-state index contributed by atoms with van der Waals surface area (Å²) in [5.74, 6) is 2.14. The summed E-state index contributed by atoms with van der Waals surface area (Å²) in [4.78, 5) is 6.87. The molecular formula is C20H22BrN3O4S2. The molecule has 1 aromatic carbocycles. The van der Waals surface area contributed by atoms with E-state index in [9.17, 15) is 8.42 Å². The van der Waals surface area contributed by atoms with E-state index in [-0.39, 0.29) is 0 Å². The molecule has 3 aromatic rings. The second-order valence-corrected chi connectivity index (χ2v) is 11.6. The van der Waals surface area contributed by atoms with E-state index in [1.54, 1.807) is 23.5 Å². The van der Waals surface area contributed by atoms with E-state index in [0.29, 0.717) is 42.8 Å². The summed E-state index contributed by atoms with van der Waals surface area (Å²) in [5, 5.41) is 0. The zero-order valence-corrected chi connectivity index (χ0v) is 19.9. The summed E-state index contributed by atoms with van der Waals surface area (Å²) in [6.07, 6.45) is 0. The number of halogens is 1. The number of oxazole rings is 1. The number of piperazine rings is 1. The molecule has 0 atom stereocenters. The molecular weight excluding hydrogens is 490 g/mol. The number of aromatic nitrogens is 1. The fraction of sp³-hybridized carbons (Fsp3) is 0.350. The van der Waals surface area contributed by atoms with E-state index in [1.807, 2.05) is 31.2 Å². The first-order valence-electron chi connectivity index (χ1n) is 9.45. The van der Waals surface area contributed by atoms with Crippen molar-refractivity contribution in [2.75, 3.05) is 33.3 Å². The van der Waals surface area contributed by atoms with Crippen LogP contribution < -0.4 is 4.74 Å². The second kappa shape index (κ2) is 8.80. The molecule has 0 saturated carbocycles. The molecule has 0 unspecified atom stereocenters. The van der Waals surface area contributed by atoms with Gasteiger partial charge in [-0.25, -0.2) is 13.4 Å². The van der Waals surface area contributed by atoms with Crippen LogP contribution in [-0.4, -0.2) is 55.9 Å². The Morgan fingerprint density at radius 1 is 1.13 bits per heavy atom. The number of ether oxygens (including phenoxy) is 1. The van der Waals surface area contributed by atoms with Gasteiger partial charge < -0.3 is 9.15 Å². The van der Waals surface area contributed by atoms with Crippen LogP contribution in [0.3, 0.4) is 0 Å². The molecule has 4 rings (SSSR count). The highest BCUT2D eigenvalue weighted by Crippen LogP contribution is 2.29. The van der Waals surface area contributed by atoms with Gasteiger partial charge in [-0.3, -0.25) is 4.90 Å². The van der Waals surface area contributed by atoms with E-state index < -0.39 is 10.0 Å². The van der Waals surface area contributed by atoms with Crippen molar-refractivity contribution in [2.24, 2.45) is 0 Å². The van der Waals surface area contributed by atoms with Crippen LogP contribution in [0.15, 0.2) is 48.8 Å². The molecule has 7 nitrogen and oxygen atoms in total. The molecule has 3 heterocycles. The van der Waals surface area contributed by atoms with Gasteiger partial charge in [-0.1, -0.05) is 0 Å². The Kier molecular flexibility index (Phi) is 6.31. The molecule has 0 spiro atoms. The molecule has 0 amide bonds. The fourth-order valence-electron chi connectivity index (χ4n) is 3.34. The number of hydrogen-bond donors (Lipinski definition) is 0. The summed E-state index contributed by atoms with van der Waals surface area (Å²) in [6, 6.07) is 11.0. The van der Waals surface area contributed by atoms with Crippen molar-refractivity contribution < 1.29 is 17.6 Å². The number of rotatable bonds is 6. The molecule has 1 aliphatic heterocycles. The lowest BCUT2D eigenvalue weighted by atomic mass is 10.2. The predicted molar refractivity (Wildman–Crippen MR) is 119 cm³/mol. The Morgan fingerprint density at radius 2 is 1.83 bits per heavy atom. The van der Waals surface area contributed by atoms with E-state index in [4.69, 9.17) is 9.15 Å². The van der Waals surface area contributed by atoms with Crippen molar-refractivity contribution in [1.29, 1.82) is 0 Å². The van der Waals surface area contributed by atoms with Gasteiger partial charge in [0, 0.05) is 38.3 Å². The monoisotopic (exact) mass is 511 g/mol. The maximum absolute atomic E-state index is 12.8. The molecule has 10 heteroatoms. The standard InChI is InChI=1S/C20H22BrN3O4S2/c1-14-17(22-20(28-14)15-3-5-16(27-2)6-4-15)13-23-9-11-24(12-10-23)30(25,26)19-8-7-18(21)29-19/h3-8H,9-13H2,1-2H3. The first-order chi connectivity index (χ1) is 14.4. The zero-order chi connectivity index (χ0) is 21.3. The van der Waals surface area contributed by atoms with Crippen molar-refractivity contribution in [3.8, 4) is 17.2 Å². The molecule has 160 valence electrons. The van der Waals surface area contributed by atoms with Crippen LogP contribution in [0, 0.1) is 6.92 Å². The van der Waals surface area contributed by atoms with Gasteiger partial charge in [0.15, 0.2) is 0 Å². The third-order valence-electron chi connectivity index (χ3n) is 5.08. The average molecular weight is 512 g/mol. The topological polar surface area (TPSA) is 75.9 Å². The van der Waals surface area contributed by atoms with Crippen LogP contribution in [0.4, 0.5) is 0 Å². The molecule has 2 aromatic heterocycles. The number of hydrogen-bond acceptors (Lipinski definition) is 7. The van der Waals surface area contributed by atoms with Gasteiger partial charge in [-0.2, -0.15) is 4.31 Å². The minimum absolute atomic E-state index is 0.374. The fourth-order valence-corrected chi connectivity index (χ4v) is 6.92. The quantitative estimate of drug-likeness (QED) is 0.497. The number of benzene rings is 1. The first kappa shape index (κ1) is 21.5. The minimum Gasteiger partial charge on any atom is -0.497 e. The van der Waals surface area contributed by atoms with Crippen molar-refractivity contribution >= 4 is 37.3 Å². The van der Waals surface area contributed by atoms with Gasteiger partial charge >= 0.3 is 0 Å². The maximum atomic E-state index is 12.8. The molecule has 0 radical (unpaired) electrons. The third kappa shape index (κ3) is 4.47. The van der Waals surface area contributed by atoms with Crippen LogP contribution in [0.2, 0.25) is 0 Å². The van der Waals surface area contributed by atoms with Gasteiger partial charge in [0.1, 0.15) is 15.7 Å². The number of sulfonamides is 1. The van der Waals surface area contributed by atoms with Crippen LogP contribution in [-0.2, 0) is 16.6 Å². The predicted octanol–water partition coefficient (Wildman–Crippen LogP) is 3.99. The normalized spacial score (nSPS) is 16.1. The van der Waals surface area contributed by atoms with Crippen molar-refractivity contribution in [3.05, 3.63) is 51.6 Å². The number of nitrogens with zero attached hydrogens (tertiary/aromatic N) is 3. The lowest BCUT2D eigenvalue weighted by Gasteiger charge is -2.33. The van der Waals surface area contributed by atoms with Gasteiger partial charge in [-0.05, 0) is 59.3 Å². The highest BCUT2D eigenvalue weighted by molar-refractivity contribution is 9.11. The molecule has 0 bridgehead atoms. The van der Waals surface area contributed by atoms with Crippen LogP contribution in [0.5, 0.6) is 5.75 Å². The zero-order valence-electron chi connectivity index (χ0n) is 16.7. The van der Waals surface area contributed by atoms with Crippen molar-refractivity contribution in [2.45, 2.75) is 17.7 Å². The van der Waals surface area contributed by atoms with Crippen LogP contribution >= 0.6 is 27.3 Å². The summed E-state index contributed by atoms with van der Waals surface area (Å²) in [7, 11) is -1.80. The van der Waals surface area contributed by atoms with Crippen LogP contribution in [0.1, 0.15) is 11.5 Å². The highest BCUT2D eigenvalue weighted by Gasteiger charge is 2.30. The molecule has 1 fully saturated rings. The van der Waals surface area contributed by atoms with Gasteiger partial charge in [0.2, 0.25) is 5.89 Å². The molecule has 1 aliphatic rings. The van der Waals surface area contributed by atoms with Crippen molar-refractivity contribution in [1.82, 2.24) is 14.2 Å². The van der Waals surface area contributed by atoms with E-state index in [1.165, 1.54) is 11.3 Å². The number of aryl methyl sites for hydroxylation is 1. The molecule has 1 saturated heterocycles. The smallest absolute Gasteiger partial charge is 0.252 e. The molecule has 30 heavy (non-hydrogen) atoms. The minimum atomic E-state index is -3.43. The Balaban J connectivity index is 1.40. The summed E-state index contributed by atoms with van der Waals surface area (Å²) < 4.78 is 39.4. The van der Waals surface area contributed by atoms with Crippen molar-refractivity contribution in [3.63, 3.8) is 0 Å². The molecule has 0 N–H and O–H groups in total. The number of methoxy groups -OCH3 is 1. The van der Waals surface area contributed by atoms with E-state index >= 15 is 0 Å². The SMILES string of the molecule is COc1ccc(-c2nc(CN3CCN(S(=O)(=O)c4ccc(Br)s4)CC3)c(C)o2)cc1. The summed E-state index contributed by atoms with van der Waals surface area (Å²) in [6.45, 7) is 4.75. The Labute approximate surface area is 188 Å². The average Bonchev–Trinajstić information content (AvgIpc) is 3.35. The second-order valence-electron chi connectivity index (χ2n) is 6.99.